The zero-order valence-electron chi connectivity index (χ0n) is 10.1. The summed E-state index contributed by atoms with van der Waals surface area (Å²) in [5.74, 6) is 0.281. The second kappa shape index (κ2) is 3.93. The van der Waals surface area contributed by atoms with Crippen LogP contribution in [0.3, 0.4) is 0 Å². The molecule has 86 valence electrons. The van der Waals surface area contributed by atoms with Crippen molar-refractivity contribution in [1.82, 2.24) is 0 Å². The van der Waals surface area contributed by atoms with Crippen LogP contribution in [0.4, 0.5) is 0 Å². The first-order chi connectivity index (χ1) is 7.59. The monoisotopic (exact) mass is 218 g/mol. The van der Waals surface area contributed by atoms with E-state index in [0.717, 1.165) is 0 Å². The fourth-order valence-corrected chi connectivity index (χ4v) is 2.59. The molecule has 1 aliphatic carbocycles. The van der Waals surface area contributed by atoms with Gasteiger partial charge in [0.1, 0.15) is 0 Å². The molecular weight excluding hydrogens is 200 g/mol. The highest BCUT2D eigenvalue weighted by molar-refractivity contribution is 5.79. The number of rotatable bonds is 3. The SMILES string of the molecule is CCOC(=O)[C@@H]1[C@@H](c2ccccc2)C1(C)C. The van der Waals surface area contributed by atoms with Gasteiger partial charge in [-0.3, -0.25) is 4.79 Å². The molecular formula is C14H18O2. The molecule has 0 bridgehead atoms. The van der Waals surface area contributed by atoms with Crippen molar-refractivity contribution < 1.29 is 9.53 Å². The maximum absolute atomic E-state index is 11.8. The Morgan fingerprint density at radius 1 is 1.31 bits per heavy atom. The van der Waals surface area contributed by atoms with Gasteiger partial charge >= 0.3 is 5.97 Å². The number of hydrogen-bond donors (Lipinski definition) is 0. The normalized spacial score (nSPS) is 26.2. The number of carbonyl (C=O) groups is 1. The molecule has 2 heteroatoms. The first kappa shape index (κ1) is 11.2. The molecule has 0 aliphatic heterocycles. The summed E-state index contributed by atoms with van der Waals surface area (Å²) in [4.78, 5) is 11.8. The molecule has 0 spiro atoms. The van der Waals surface area contributed by atoms with Gasteiger partial charge in [-0.1, -0.05) is 44.2 Å². The zero-order valence-corrected chi connectivity index (χ0v) is 10.1. The van der Waals surface area contributed by atoms with Crippen LogP contribution in [0.5, 0.6) is 0 Å². The van der Waals surface area contributed by atoms with Gasteiger partial charge in [0.15, 0.2) is 0 Å². The van der Waals surface area contributed by atoms with Crippen LogP contribution in [-0.4, -0.2) is 12.6 Å². The van der Waals surface area contributed by atoms with Crippen molar-refractivity contribution in [1.29, 1.82) is 0 Å². The summed E-state index contributed by atoms with van der Waals surface area (Å²) in [7, 11) is 0. The molecule has 0 heterocycles. The van der Waals surface area contributed by atoms with E-state index in [9.17, 15) is 4.79 Å². The van der Waals surface area contributed by atoms with Gasteiger partial charge in [0.25, 0.3) is 0 Å². The minimum Gasteiger partial charge on any atom is -0.466 e. The van der Waals surface area contributed by atoms with Crippen LogP contribution in [0.2, 0.25) is 0 Å². The molecule has 2 rings (SSSR count). The molecule has 1 aromatic carbocycles. The third-order valence-electron chi connectivity index (χ3n) is 3.53. The minimum absolute atomic E-state index is 0.0230. The van der Waals surface area contributed by atoms with Gasteiger partial charge < -0.3 is 4.74 Å². The third-order valence-corrected chi connectivity index (χ3v) is 3.53. The molecule has 1 aromatic rings. The average Bonchev–Trinajstić information content (AvgIpc) is 2.83. The van der Waals surface area contributed by atoms with Crippen molar-refractivity contribution in [3.8, 4) is 0 Å². The summed E-state index contributed by atoms with van der Waals surface area (Å²) in [6.45, 7) is 6.58. The molecule has 1 saturated carbocycles. The van der Waals surface area contributed by atoms with E-state index in [1.807, 2.05) is 25.1 Å². The summed E-state index contributed by atoms with van der Waals surface area (Å²) < 4.78 is 5.11. The van der Waals surface area contributed by atoms with Crippen molar-refractivity contribution in [2.75, 3.05) is 6.61 Å². The quantitative estimate of drug-likeness (QED) is 0.729. The van der Waals surface area contributed by atoms with Crippen LogP contribution in [0.1, 0.15) is 32.3 Å². The largest absolute Gasteiger partial charge is 0.466 e. The Morgan fingerprint density at radius 2 is 1.94 bits per heavy atom. The van der Waals surface area contributed by atoms with Gasteiger partial charge in [-0.2, -0.15) is 0 Å². The predicted octanol–water partition coefficient (Wildman–Crippen LogP) is 2.99. The second-order valence-electron chi connectivity index (χ2n) is 4.94. The minimum atomic E-state index is -0.0543. The number of hydrogen-bond acceptors (Lipinski definition) is 2. The van der Waals surface area contributed by atoms with E-state index in [1.54, 1.807) is 0 Å². The first-order valence-electron chi connectivity index (χ1n) is 5.80. The second-order valence-corrected chi connectivity index (χ2v) is 4.94. The van der Waals surface area contributed by atoms with Crippen LogP contribution >= 0.6 is 0 Å². The average molecular weight is 218 g/mol. The zero-order chi connectivity index (χ0) is 11.8. The summed E-state index contributed by atoms with van der Waals surface area (Å²) in [5.41, 5.74) is 1.28. The van der Waals surface area contributed by atoms with Crippen molar-refractivity contribution >= 4 is 5.97 Å². The Morgan fingerprint density at radius 3 is 2.50 bits per heavy atom. The third kappa shape index (κ3) is 1.73. The number of esters is 1. The van der Waals surface area contributed by atoms with Gasteiger partial charge in [0.2, 0.25) is 0 Å². The smallest absolute Gasteiger partial charge is 0.310 e. The molecule has 1 aliphatic rings. The van der Waals surface area contributed by atoms with Crippen molar-refractivity contribution in [3.05, 3.63) is 35.9 Å². The van der Waals surface area contributed by atoms with E-state index in [2.05, 4.69) is 26.0 Å². The van der Waals surface area contributed by atoms with Gasteiger partial charge in [-0.15, -0.1) is 0 Å². The fourth-order valence-electron chi connectivity index (χ4n) is 2.59. The van der Waals surface area contributed by atoms with Crippen LogP contribution in [0, 0.1) is 11.3 Å². The van der Waals surface area contributed by atoms with E-state index < -0.39 is 0 Å². The maximum atomic E-state index is 11.8. The van der Waals surface area contributed by atoms with Crippen LogP contribution in [-0.2, 0) is 9.53 Å². The van der Waals surface area contributed by atoms with Crippen LogP contribution in [0.15, 0.2) is 30.3 Å². The molecule has 16 heavy (non-hydrogen) atoms. The highest BCUT2D eigenvalue weighted by atomic mass is 16.5. The highest BCUT2D eigenvalue weighted by Gasteiger charge is 2.63. The topological polar surface area (TPSA) is 26.3 Å². The predicted molar refractivity (Wildman–Crippen MR) is 63.1 cm³/mol. The van der Waals surface area contributed by atoms with E-state index in [4.69, 9.17) is 4.74 Å². The molecule has 0 N–H and O–H groups in total. The summed E-state index contributed by atoms with van der Waals surface area (Å²) in [5, 5.41) is 0. The Balaban J connectivity index is 2.17. The Hall–Kier alpha value is -1.31. The van der Waals surface area contributed by atoms with E-state index in [1.165, 1.54) is 5.56 Å². The molecule has 0 unspecified atom stereocenters. The highest BCUT2D eigenvalue weighted by Crippen LogP contribution is 2.64. The van der Waals surface area contributed by atoms with Crippen molar-refractivity contribution in [3.63, 3.8) is 0 Å². The lowest BCUT2D eigenvalue weighted by molar-refractivity contribution is -0.145. The van der Waals surface area contributed by atoms with E-state index >= 15 is 0 Å². The summed E-state index contributed by atoms with van der Waals surface area (Å²) >= 11 is 0. The van der Waals surface area contributed by atoms with Gasteiger partial charge in [-0.05, 0) is 17.9 Å². The molecule has 0 amide bonds. The Labute approximate surface area is 96.6 Å². The first-order valence-corrected chi connectivity index (χ1v) is 5.80. The van der Waals surface area contributed by atoms with E-state index in [-0.39, 0.29) is 17.3 Å². The molecule has 1 fully saturated rings. The Kier molecular flexibility index (Phi) is 2.75. The lowest BCUT2D eigenvalue weighted by Crippen LogP contribution is -2.10. The van der Waals surface area contributed by atoms with Crippen LogP contribution in [0.25, 0.3) is 0 Å². The van der Waals surface area contributed by atoms with Gasteiger partial charge in [0, 0.05) is 5.92 Å². The lowest BCUT2D eigenvalue weighted by Gasteiger charge is -2.01. The Bertz CT molecular complexity index is 381. The van der Waals surface area contributed by atoms with Crippen LogP contribution < -0.4 is 0 Å². The van der Waals surface area contributed by atoms with E-state index in [0.29, 0.717) is 12.5 Å². The van der Waals surface area contributed by atoms with Crippen molar-refractivity contribution in [2.45, 2.75) is 26.7 Å². The summed E-state index contributed by atoms with van der Waals surface area (Å²) in [6.07, 6.45) is 0. The van der Waals surface area contributed by atoms with Crippen molar-refractivity contribution in [2.24, 2.45) is 11.3 Å². The lowest BCUT2D eigenvalue weighted by atomic mass is 10.0. The van der Waals surface area contributed by atoms with Gasteiger partial charge in [-0.25, -0.2) is 0 Å². The number of carbonyl (C=O) groups excluding carboxylic acids is 1. The standard InChI is InChI=1S/C14H18O2/c1-4-16-13(15)12-11(14(12,2)3)10-8-6-5-7-9-10/h5-9,11-12H,4H2,1-3H3/t11-,12+/m1/s1. The molecule has 2 atom stereocenters. The fraction of sp³-hybridized carbons (Fsp3) is 0.500. The molecule has 0 radical (unpaired) electrons. The summed E-state index contributed by atoms with van der Waals surface area (Å²) in [6, 6.07) is 10.2. The molecule has 2 nitrogen and oxygen atoms in total. The number of benzene rings is 1. The number of ether oxygens (including phenoxy) is 1. The molecule has 0 aromatic heterocycles. The van der Waals surface area contributed by atoms with Gasteiger partial charge in [0.05, 0.1) is 12.5 Å². The molecule has 0 saturated heterocycles. The maximum Gasteiger partial charge on any atom is 0.310 e.